The van der Waals surface area contributed by atoms with Crippen LogP contribution in [0.25, 0.3) is 0 Å². The zero-order chi connectivity index (χ0) is 12.3. The number of aromatic hydroxyl groups is 1. The molecule has 4 heteroatoms. The van der Waals surface area contributed by atoms with E-state index in [-0.39, 0.29) is 12.2 Å². The van der Waals surface area contributed by atoms with Crippen molar-refractivity contribution in [3.8, 4) is 5.75 Å². The number of nitrogens with one attached hydrogen (secondary N) is 1. The van der Waals surface area contributed by atoms with Gasteiger partial charge in [-0.1, -0.05) is 18.2 Å². The number of rotatable bonds is 3. The molecule has 1 aliphatic heterocycles. The van der Waals surface area contributed by atoms with Gasteiger partial charge in [0.15, 0.2) is 0 Å². The zero-order valence-electron chi connectivity index (χ0n) is 9.65. The fraction of sp³-hybridized carbons (Fsp3) is 0.462. The molecule has 1 aromatic rings. The number of aliphatic carboxylic acids is 1. The number of hydrogen-bond donors (Lipinski definition) is 3. The Bertz CT molecular complexity index is 411. The van der Waals surface area contributed by atoms with E-state index in [1.54, 1.807) is 12.1 Å². The molecule has 17 heavy (non-hydrogen) atoms. The topological polar surface area (TPSA) is 69.6 Å². The van der Waals surface area contributed by atoms with Gasteiger partial charge in [-0.05, 0) is 32.0 Å². The number of carbonyl (C=O) groups is 1. The van der Waals surface area contributed by atoms with Crippen LogP contribution >= 0.6 is 0 Å². The van der Waals surface area contributed by atoms with Crippen molar-refractivity contribution >= 4 is 5.97 Å². The molecule has 0 radical (unpaired) electrons. The molecular formula is C13H17NO3. The number of para-hydroxylation sites is 1. The fourth-order valence-electron chi connectivity index (χ4n) is 2.66. The SMILES string of the molecule is O=C(O)CC1(c2ccccc2O)CCNCC1. The van der Waals surface area contributed by atoms with E-state index in [2.05, 4.69) is 5.32 Å². The maximum atomic E-state index is 11.1. The van der Waals surface area contributed by atoms with E-state index >= 15 is 0 Å². The zero-order valence-corrected chi connectivity index (χ0v) is 9.65. The van der Waals surface area contributed by atoms with E-state index in [0.717, 1.165) is 31.5 Å². The van der Waals surface area contributed by atoms with Gasteiger partial charge in [-0.2, -0.15) is 0 Å². The molecule has 0 aromatic heterocycles. The third-order valence-corrected chi connectivity index (χ3v) is 3.53. The van der Waals surface area contributed by atoms with Gasteiger partial charge < -0.3 is 15.5 Å². The van der Waals surface area contributed by atoms with E-state index in [1.807, 2.05) is 12.1 Å². The molecule has 0 aliphatic carbocycles. The average molecular weight is 235 g/mol. The van der Waals surface area contributed by atoms with Crippen LogP contribution in [0, 0.1) is 0 Å². The first kappa shape index (κ1) is 11.9. The number of phenols is 1. The van der Waals surface area contributed by atoms with Gasteiger partial charge in [0, 0.05) is 11.0 Å². The van der Waals surface area contributed by atoms with Crippen LogP contribution in [0.2, 0.25) is 0 Å². The smallest absolute Gasteiger partial charge is 0.304 e. The van der Waals surface area contributed by atoms with Crippen LogP contribution in [0.1, 0.15) is 24.8 Å². The Morgan fingerprint density at radius 1 is 1.29 bits per heavy atom. The minimum atomic E-state index is -0.810. The molecule has 2 rings (SSSR count). The molecule has 0 amide bonds. The van der Waals surface area contributed by atoms with E-state index in [9.17, 15) is 9.90 Å². The summed E-state index contributed by atoms with van der Waals surface area (Å²) in [5.74, 6) is -0.606. The molecule has 1 aromatic carbocycles. The fourth-order valence-corrected chi connectivity index (χ4v) is 2.66. The lowest BCUT2D eigenvalue weighted by Gasteiger charge is -2.37. The van der Waals surface area contributed by atoms with Crippen LogP contribution < -0.4 is 5.32 Å². The van der Waals surface area contributed by atoms with Crippen molar-refractivity contribution in [2.24, 2.45) is 0 Å². The van der Waals surface area contributed by atoms with Crippen LogP contribution in [0.3, 0.4) is 0 Å². The van der Waals surface area contributed by atoms with E-state index < -0.39 is 11.4 Å². The normalized spacial score (nSPS) is 18.8. The number of piperidine rings is 1. The molecule has 0 saturated carbocycles. The molecular weight excluding hydrogens is 218 g/mol. The minimum Gasteiger partial charge on any atom is -0.508 e. The van der Waals surface area contributed by atoms with Crippen molar-refractivity contribution in [2.75, 3.05) is 13.1 Å². The van der Waals surface area contributed by atoms with E-state index in [4.69, 9.17) is 5.11 Å². The van der Waals surface area contributed by atoms with Crippen LogP contribution in [-0.2, 0) is 10.2 Å². The number of benzene rings is 1. The van der Waals surface area contributed by atoms with Crippen LogP contribution in [0.5, 0.6) is 5.75 Å². The lowest BCUT2D eigenvalue weighted by Crippen LogP contribution is -2.41. The Hall–Kier alpha value is -1.55. The molecule has 0 spiro atoms. The summed E-state index contributed by atoms with van der Waals surface area (Å²) < 4.78 is 0. The van der Waals surface area contributed by atoms with Crippen molar-refractivity contribution in [3.05, 3.63) is 29.8 Å². The lowest BCUT2D eigenvalue weighted by atomic mass is 9.70. The van der Waals surface area contributed by atoms with Gasteiger partial charge >= 0.3 is 5.97 Å². The first-order valence-electron chi connectivity index (χ1n) is 5.85. The maximum Gasteiger partial charge on any atom is 0.304 e. The van der Waals surface area contributed by atoms with Crippen molar-refractivity contribution in [1.29, 1.82) is 0 Å². The second-order valence-corrected chi connectivity index (χ2v) is 4.62. The average Bonchev–Trinajstić information content (AvgIpc) is 2.29. The van der Waals surface area contributed by atoms with Crippen molar-refractivity contribution in [2.45, 2.75) is 24.7 Å². The Labute approximate surface area is 100 Å². The van der Waals surface area contributed by atoms with Crippen LogP contribution in [0.4, 0.5) is 0 Å². The third kappa shape index (κ3) is 2.42. The summed E-state index contributed by atoms with van der Waals surface area (Å²) in [5.41, 5.74) is 0.339. The summed E-state index contributed by atoms with van der Waals surface area (Å²) in [4.78, 5) is 11.1. The number of phenolic OH excluding ortho intramolecular Hbond substituents is 1. The second kappa shape index (κ2) is 4.75. The standard InChI is InChI=1S/C13H17NO3/c15-11-4-2-1-3-10(11)13(9-12(16)17)5-7-14-8-6-13/h1-4,14-15H,5-9H2,(H,16,17). The Morgan fingerprint density at radius 2 is 1.94 bits per heavy atom. The summed E-state index contributed by atoms with van der Waals surface area (Å²) >= 11 is 0. The van der Waals surface area contributed by atoms with Crippen molar-refractivity contribution in [1.82, 2.24) is 5.32 Å². The predicted molar refractivity (Wildman–Crippen MR) is 64.1 cm³/mol. The van der Waals surface area contributed by atoms with Gasteiger partial charge in [0.2, 0.25) is 0 Å². The van der Waals surface area contributed by atoms with Gasteiger partial charge in [-0.25, -0.2) is 0 Å². The quantitative estimate of drug-likeness (QED) is 0.742. The molecule has 92 valence electrons. The molecule has 3 N–H and O–H groups in total. The summed E-state index contributed by atoms with van der Waals surface area (Å²) in [5, 5.41) is 22.2. The van der Waals surface area contributed by atoms with E-state index in [1.165, 1.54) is 0 Å². The lowest BCUT2D eigenvalue weighted by molar-refractivity contribution is -0.138. The molecule has 4 nitrogen and oxygen atoms in total. The van der Waals surface area contributed by atoms with Crippen molar-refractivity contribution in [3.63, 3.8) is 0 Å². The van der Waals surface area contributed by atoms with Crippen LogP contribution in [-0.4, -0.2) is 29.3 Å². The monoisotopic (exact) mass is 235 g/mol. The number of hydrogen-bond acceptors (Lipinski definition) is 3. The first-order chi connectivity index (χ1) is 8.14. The highest BCUT2D eigenvalue weighted by Crippen LogP contribution is 2.40. The molecule has 1 fully saturated rings. The second-order valence-electron chi connectivity index (χ2n) is 4.62. The molecule has 0 atom stereocenters. The molecule has 0 unspecified atom stereocenters. The highest BCUT2D eigenvalue weighted by molar-refractivity contribution is 5.69. The highest BCUT2D eigenvalue weighted by atomic mass is 16.4. The molecule has 1 saturated heterocycles. The van der Waals surface area contributed by atoms with Crippen LogP contribution in [0.15, 0.2) is 24.3 Å². The Balaban J connectivity index is 2.39. The van der Waals surface area contributed by atoms with Gasteiger partial charge in [0.1, 0.15) is 5.75 Å². The van der Waals surface area contributed by atoms with Gasteiger partial charge in [0.25, 0.3) is 0 Å². The Kier molecular flexibility index (Phi) is 3.33. The van der Waals surface area contributed by atoms with Gasteiger partial charge in [-0.3, -0.25) is 4.79 Å². The third-order valence-electron chi connectivity index (χ3n) is 3.53. The molecule has 0 bridgehead atoms. The first-order valence-corrected chi connectivity index (χ1v) is 5.85. The number of carboxylic acid groups (broad SMARTS) is 1. The molecule has 1 heterocycles. The van der Waals surface area contributed by atoms with Gasteiger partial charge in [-0.15, -0.1) is 0 Å². The highest BCUT2D eigenvalue weighted by Gasteiger charge is 2.37. The van der Waals surface area contributed by atoms with Gasteiger partial charge in [0.05, 0.1) is 6.42 Å². The largest absolute Gasteiger partial charge is 0.508 e. The van der Waals surface area contributed by atoms with Crippen molar-refractivity contribution < 1.29 is 15.0 Å². The summed E-state index contributed by atoms with van der Waals surface area (Å²) in [7, 11) is 0. The van der Waals surface area contributed by atoms with E-state index in [0.29, 0.717) is 0 Å². The molecule has 1 aliphatic rings. The number of carboxylic acids is 1. The Morgan fingerprint density at radius 3 is 2.53 bits per heavy atom. The minimum absolute atomic E-state index is 0.0756. The summed E-state index contributed by atoms with van der Waals surface area (Å²) in [6, 6.07) is 7.07. The maximum absolute atomic E-state index is 11.1. The predicted octanol–water partition coefficient (Wildman–Crippen LogP) is 1.49. The summed E-state index contributed by atoms with van der Waals surface area (Å²) in [6.07, 6.45) is 1.57. The summed E-state index contributed by atoms with van der Waals surface area (Å²) in [6.45, 7) is 1.59.